The van der Waals surface area contributed by atoms with E-state index >= 15 is 0 Å². The maximum atomic E-state index is 12.4. The molecule has 0 unspecified atom stereocenters. The largest absolute Gasteiger partial charge is 0.444 e. The Morgan fingerprint density at radius 3 is 1.53 bits per heavy atom. The van der Waals surface area contributed by atoms with Gasteiger partial charge in [-0.15, -0.1) is 0 Å². The summed E-state index contributed by atoms with van der Waals surface area (Å²) in [5.74, 6) is 4.82. The average Bonchev–Trinajstić information content (AvgIpc) is 1.06. The van der Waals surface area contributed by atoms with Crippen molar-refractivity contribution in [3.8, 4) is 6.07 Å². The fraction of sp³-hybridized carbons (Fsp3) is 0.725. The Balaban J connectivity index is 0.000000231. The number of carbonyl (C=O) groups excluding carboxylic acids is 7. The van der Waals surface area contributed by atoms with Crippen LogP contribution in [-0.2, 0) is 19.1 Å². The Kier molecular flexibility index (Phi) is 35.1. The molecule has 0 spiro atoms. The molecule has 10 atom stereocenters. The molecule has 614 valence electrons. The van der Waals surface area contributed by atoms with Crippen LogP contribution in [0.1, 0.15) is 187 Å². The molecule has 7 fully saturated rings. The van der Waals surface area contributed by atoms with Crippen LogP contribution >= 0.6 is 11.6 Å². The number of hydrogen-bond donors (Lipinski definition) is 6. The maximum absolute atomic E-state index is 12.4. The van der Waals surface area contributed by atoms with Gasteiger partial charge in [0.1, 0.15) is 28.9 Å². The predicted molar refractivity (Wildman–Crippen MR) is 433 cm³/mol. The van der Waals surface area contributed by atoms with Gasteiger partial charge in [-0.25, -0.2) is 39.1 Å². The van der Waals surface area contributed by atoms with Crippen LogP contribution in [0.15, 0.2) is 36.7 Å². The lowest BCUT2D eigenvalue weighted by Crippen LogP contribution is -2.55. The molecule has 8 N–H and O–H groups in total. The van der Waals surface area contributed by atoms with Crippen molar-refractivity contribution in [2.75, 3.05) is 150 Å². The van der Waals surface area contributed by atoms with Crippen LogP contribution in [0.4, 0.5) is 42.3 Å². The first-order valence-electron chi connectivity index (χ1n) is 39.7. The van der Waals surface area contributed by atoms with Gasteiger partial charge in [-0.2, -0.15) is 5.26 Å². The summed E-state index contributed by atoms with van der Waals surface area (Å²) in [4.78, 5) is 118. The smallest absolute Gasteiger partial charge is 0.410 e. The molecule has 29 nitrogen and oxygen atoms in total. The fourth-order valence-corrected chi connectivity index (χ4v) is 14.6. The summed E-state index contributed by atoms with van der Waals surface area (Å²) < 4.78 is 10.7. The summed E-state index contributed by atoms with van der Waals surface area (Å²) in [5.41, 5.74) is 13.1. The number of amides is 9. The molecule has 0 radical (unpaired) electrons. The molecule has 0 bridgehead atoms. The zero-order valence-corrected chi connectivity index (χ0v) is 70.3. The van der Waals surface area contributed by atoms with Crippen molar-refractivity contribution in [1.29, 1.82) is 5.26 Å². The summed E-state index contributed by atoms with van der Waals surface area (Å²) in [5, 5.41) is 21.5. The quantitative estimate of drug-likeness (QED) is 0.0926. The normalized spacial score (nSPS) is 23.9. The number of piperidine rings is 6. The molecule has 1 aliphatic carbocycles. The summed E-state index contributed by atoms with van der Waals surface area (Å²) in [6.07, 6.45) is 16.5. The van der Waals surface area contributed by atoms with Gasteiger partial charge in [0.25, 0.3) is 5.91 Å². The minimum absolute atomic E-state index is 0.000509. The van der Waals surface area contributed by atoms with Gasteiger partial charge in [-0.3, -0.25) is 14.4 Å². The SMILES string of the molecule is C[C@@H]1CCN(C(=O)OC(C)(C)C)C[C@@H]1N.C[C@@H]1CCN(C(=O)OC(C)(C)C)C[C@@H]1NC(=O)N(C)C.C[C@@H]1CCN(c2cnc(C#N)c(Cl)n2)C[C@@H]1CC(=O)N(C)C.C[C@@H]1CCN(c2cnc(C(N)=O)c(Nc3ccc(C4CCN(C5CCCC5)CC4)cc3)n2)C[C@@H]1CC(=O)N(C)C.C[C@@H]1CCNC[C@@H]1NC(=O)N(C)C. The summed E-state index contributed by atoms with van der Waals surface area (Å²) >= 11 is 5.96. The highest BCUT2D eigenvalue weighted by Gasteiger charge is 2.36. The number of benzene rings is 1. The number of urea groups is 2. The van der Waals surface area contributed by atoms with E-state index in [-0.39, 0.29) is 82.6 Å². The number of nitrogens with one attached hydrogen (secondary N) is 4. The number of aromatic nitrogens is 4. The minimum atomic E-state index is -0.617. The molecule has 7 aliphatic rings. The molecule has 1 aromatic carbocycles. The van der Waals surface area contributed by atoms with Gasteiger partial charge >= 0.3 is 24.2 Å². The number of hydrogen-bond acceptors (Lipinski definition) is 20. The van der Waals surface area contributed by atoms with E-state index in [2.05, 4.69) is 110 Å². The number of rotatable bonds is 13. The first-order valence-corrected chi connectivity index (χ1v) is 40.1. The summed E-state index contributed by atoms with van der Waals surface area (Å²) in [6, 6.07) is 11.4. The first kappa shape index (κ1) is 90.8. The second-order valence-corrected chi connectivity index (χ2v) is 34.5. The van der Waals surface area contributed by atoms with Crippen LogP contribution in [0.25, 0.3) is 0 Å². The van der Waals surface area contributed by atoms with E-state index in [0.29, 0.717) is 85.4 Å². The molecule has 6 saturated heterocycles. The van der Waals surface area contributed by atoms with Gasteiger partial charge in [0.2, 0.25) is 11.8 Å². The number of ether oxygens (including phenoxy) is 2. The molecule has 2 aromatic heterocycles. The molecule has 30 heteroatoms. The Morgan fingerprint density at radius 2 is 1.06 bits per heavy atom. The van der Waals surface area contributed by atoms with Crippen LogP contribution in [0.5, 0.6) is 0 Å². The lowest BCUT2D eigenvalue weighted by atomic mass is 9.84. The molecule has 8 heterocycles. The van der Waals surface area contributed by atoms with Gasteiger partial charge in [-0.1, -0.05) is 71.2 Å². The third-order valence-electron chi connectivity index (χ3n) is 22.1. The van der Waals surface area contributed by atoms with Crippen LogP contribution in [0.3, 0.4) is 0 Å². The highest BCUT2D eigenvalue weighted by Crippen LogP contribution is 2.36. The van der Waals surface area contributed by atoms with E-state index in [4.69, 9.17) is 42.8 Å². The predicted octanol–water partition coefficient (Wildman–Crippen LogP) is 10.1. The fourth-order valence-electron chi connectivity index (χ4n) is 14.4. The highest BCUT2D eigenvalue weighted by molar-refractivity contribution is 6.30. The van der Waals surface area contributed by atoms with Crippen LogP contribution < -0.4 is 42.5 Å². The number of anilines is 4. The standard InChI is InChI=1S/C31H45N7O2.C15H20ClN5O.C14H27N3O3.C11H22N2O2.C9H19N3O/c1-21-12-15-38(20-24(21)18-28(39)36(2)3)27-19-33-29(30(32)40)31(35-27)34-25-10-8-22(9-11-25)23-13-16-37(17-14-23)26-6-4-5-7-26;1-10-4-5-21(9-11(10)6-14(22)20(2)3)13-8-18-12(7-17)15(16)19-13;1-10-7-8-17(13(19)20-14(2,3)4)9-11(10)15-12(18)16(5)6;1-8-5-6-13(7-9(8)12)10(14)15-11(2,3)4;1-7-4-5-10-6-8(7)11-9(13)12(2)3/h8-11,19,21,23-24,26H,4-7,12-18,20H2,1-3H3,(H2,32,40)(H,34,35);8,10-11H,4-6,9H2,1-3H3;10-11H,7-9H2,1-6H3,(H,15,18);8-9H,5-7,12H2,1-4H3;7-8,10H,4-6H2,1-3H3,(H,11,13)/t21-,24+;2*10-,11+;8-,9+;7-,8+/m11111/s1. The molecule has 110 heavy (non-hydrogen) atoms. The number of likely N-dealkylation sites (tertiary alicyclic amines) is 3. The van der Waals surface area contributed by atoms with Crippen LogP contribution in [0, 0.1) is 52.8 Å². The summed E-state index contributed by atoms with van der Waals surface area (Å²) in [7, 11) is 14.1. The number of nitriles is 1. The Hall–Kier alpha value is -8.07. The van der Waals surface area contributed by atoms with E-state index in [0.717, 1.165) is 89.6 Å². The van der Waals surface area contributed by atoms with Crippen molar-refractivity contribution in [2.24, 2.45) is 52.9 Å². The van der Waals surface area contributed by atoms with Crippen molar-refractivity contribution >= 4 is 76.7 Å². The monoisotopic (exact) mass is 1550 g/mol. The maximum Gasteiger partial charge on any atom is 0.410 e. The number of nitrogens with zero attached hydrogens (tertiary/aromatic N) is 14. The zero-order valence-electron chi connectivity index (χ0n) is 69.5. The van der Waals surface area contributed by atoms with E-state index < -0.39 is 17.1 Å². The Labute approximate surface area is 660 Å². The molecular weight excluding hydrogens is 1420 g/mol. The number of primary amides is 1. The molecule has 6 aliphatic heterocycles. The second-order valence-electron chi connectivity index (χ2n) is 34.1. The van der Waals surface area contributed by atoms with E-state index in [9.17, 15) is 33.6 Å². The topological polar surface area (TPSA) is 343 Å². The van der Waals surface area contributed by atoms with Gasteiger partial charge in [0.05, 0.1) is 18.4 Å². The van der Waals surface area contributed by atoms with Crippen molar-refractivity contribution in [2.45, 2.75) is 201 Å². The lowest BCUT2D eigenvalue weighted by Gasteiger charge is -2.38. The van der Waals surface area contributed by atoms with E-state index in [1.54, 1.807) is 93.3 Å². The van der Waals surface area contributed by atoms with Gasteiger partial charge in [0.15, 0.2) is 22.4 Å². The molecule has 1 saturated carbocycles. The Bertz CT molecular complexity index is 3500. The Morgan fingerprint density at radius 1 is 0.591 bits per heavy atom. The first-order chi connectivity index (χ1) is 51.7. The molecule has 9 amide bonds. The number of halogens is 1. The molecular formula is C80H133ClN20O9. The third-order valence-corrected chi connectivity index (χ3v) is 22.4. The van der Waals surface area contributed by atoms with Crippen molar-refractivity contribution in [1.82, 2.24) is 70.2 Å². The van der Waals surface area contributed by atoms with Crippen LogP contribution in [-0.4, -0.2) is 266 Å². The van der Waals surface area contributed by atoms with Gasteiger partial charge in [-0.05, 0) is 184 Å². The van der Waals surface area contributed by atoms with E-state index in [1.165, 1.54) is 62.1 Å². The van der Waals surface area contributed by atoms with E-state index in [1.807, 2.05) is 47.6 Å². The van der Waals surface area contributed by atoms with Crippen molar-refractivity contribution < 1.29 is 43.0 Å². The second kappa shape index (κ2) is 42.5. The molecule has 10 rings (SSSR count). The highest BCUT2D eigenvalue weighted by atomic mass is 35.5. The minimum Gasteiger partial charge on any atom is -0.444 e. The number of nitrogens with two attached hydrogens (primary N) is 2. The third kappa shape index (κ3) is 28.9. The summed E-state index contributed by atoms with van der Waals surface area (Å²) in [6.45, 7) is 32.0. The molecule has 3 aromatic rings. The van der Waals surface area contributed by atoms with Crippen molar-refractivity contribution in [3.63, 3.8) is 0 Å². The van der Waals surface area contributed by atoms with Crippen LogP contribution in [0.2, 0.25) is 5.15 Å². The average molecular weight is 1550 g/mol. The number of carbonyl (C=O) groups is 7. The lowest BCUT2D eigenvalue weighted by molar-refractivity contribution is -0.130. The van der Waals surface area contributed by atoms with Gasteiger partial charge < -0.3 is 86.3 Å². The van der Waals surface area contributed by atoms with Gasteiger partial charge in [0, 0.05) is 152 Å². The zero-order chi connectivity index (χ0) is 81.5. The van der Waals surface area contributed by atoms with Crippen molar-refractivity contribution in [3.05, 3.63) is 58.8 Å².